The number of aryl methyl sites for hydroxylation is 2. The summed E-state index contributed by atoms with van der Waals surface area (Å²) in [6, 6.07) is 0. The molecular formula is C14H25IN4O2S. The molecular weight excluding hydrogens is 415 g/mol. The minimum Gasteiger partial charge on any atom is -0.469 e. The predicted molar refractivity (Wildman–Crippen MR) is 101 cm³/mol. The van der Waals surface area contributed by atoms with Gasteiger partial charge in [-0.1, -0.05) is 0 Å². The number of guanidine groups is 1. The average molecular weight is 440 g/mol. The largest absolute Gasteiger partial charge is 0.469 e. The summed E-state index contributed by atoms with van der Waals surface area (Å²) in [5.74, 6) is 0.485. The number of rotatable bonds is 7. The Balaban J connectivity index is 0.00000441. The van der Waals surface area contributed by atoms with Crippen molar-refractivity contribution in [3.05, 3.63) is 15.6 Å². The normalized spacial score (nSPS) is 10.8. The first-order valence-corrected chi connectivity index (χ1v) is 7.90. The van der Waals surface area contributed by atoms with Gasteiger partial charge in [-0.05, 0) is 20.8 Å². The van der Waals surface area contributed by atoms with Crippen molar-refractivity contribution in [3.8, 4) is 0 Å². The number of esters is 1. The van der Waals surface area contributed by atoms with Gasteiger partial charge in [-0.3, -0.25) is 9.79 Å². The topological polar surface area (TPSA) is 75.6 Å². The van der Waals surface area contributed by atoms with Gasteiger partial charge < -0.3 is 15.4 Å². The van der Waals surface area contributed by atoms with Crippen molar-refractivity contribution < 1.29 is 9.53 Å². The first kappa shape index (κ1) is 21.1. The molecule has 0 fully saturated rings. The van der Waals surface area contributed by atoms with E-state index in [1.54, 1.807) is 11.3 Å². The highest BCUT2D eigenvalue weighted by atomic mass is 127. The van der Waals surface area contributed by atoms with E-state index in [-0.39, 0.29) is 29.9 Å². The Kier molecular flexibility index (Phi) is 11.2. The number of nitrogens with zero attached hydrogens (tertiary/aromatic N) is 2. The second-order valence-corrected chi connectivity index (χ2v) is 5.80. The van der Waals surface area contributed by atoms with Gasteiger partial charge in [0.25, 0.3) is 0 Å². The molecule has 126 valence electrons. The highest BCUT2D eigenvalue weighted by Gasteiger charge is 2.04. The number of aromatic nitrogens is 1. The van der Waals surface area contributed by atoms with Crippen LogP contribution in [0.25, 0.3) is 0 Å². The third kappa shape index (κ3) is 7.92. The molecule has 8 heteroatoms. The van der Waals surface area contributed by atoms with Crippen LogP contribution in [0.5, 0.6) is 0 Å². The third-order valence-electron chi connectivity index (χ3n) is 2.86. The Morgan fingerprint density at radius 1 is 1.36 bits per heavy atom. The van der Waals surface area contributed by atoms with Gasteiger partial charge in [0.15, 0.2) is 5.96 Å². The van der Waals surface area contributed by atoms with Crippen molar-refractivity contribution in [1.29, 1.82) is 0 Å². The molecule has 0 amide bonds. The van der Waals surface area contributed by atoms with Crippen LogP contribution >= 0.6 is 35.3 Å². The monoisotopic (exact) mass is 440 g/mol. The number of ether oxygens (including phenoxy) is 1. The first-order valence-electron chi connectivity index (χ1n) is 7.08. The number of hydrogen-bond acceptors (Lipinski definition) is 5. The summed E-state index contributed by atoms with van der Waals surface area (Å²) in [4.78, 5) is 21.3. The van der Waals surface area contributed by atoms with Crippen molar-refractivity contribution in [2.24, 2.45) is 4.99 Å². The van der Waals surface area contributed by atoms with Crippen LogP contribution in [-0.4, -0.2) is 43.7 Å². The minimum absolute atomic E-state index is 0. The zero-order chi connectivity index (χ0) is 15.7. The van der Waals surface area contributed by atoms with Crippen LogP contribution in [0.3, 0.4) is 0 Å². The Morgan fingerprint density at radius 3 is 2.64 bits per heavy atom. The number of thiazole rings is 1. The van der Waals surface area contributed by atoms with Crippen LogP contribution in [0.4, 0.5) is 0 Å². The molecule has 0 spiro atoms. The van der Waals surface area contributed by atoms with E-state index in [4.69, 9.17) is 0 Å². The van der Waals surface area contributed by atoms with E-state index in [1.807, 2.05) is 13.8 Å². The molecule has 1 heterocycles. The molecule has 0 aliphatic heterocycles. The molecule has 1 rings (SSSR count). The smallest absolute Gasteiger partial charge is 0.307 e. The standard InChI is InChI=1S/C14H24N4O2S.HI/c1-5-15-14(17-9-7-13(19)20-4)16-8-6-12-18-10(2)11(3)21-12;/h5-9H2,1-4H3,(H2,15,16,17);1H. The number of nitrogens with one attached hydrogen (secondary N) is 2. The van der Waals surface area contributed by atoms with Gasteiger partial charge in [-0.15, -0.1) is 35.3 Å². The van der Waals surface area contributed by atoms with Crippen LogP contribution < -0.4 is 10.6 Å². The molecule has 22 heavy (non-hydrogen) atoms. The fourth-order valence-electron chi connectivity index (χ4n) is 1.64. The van der Waals surface area contributed by atoms with E-state index in [0.29, 0.717) is 25.5 Å². The average Bonchev–Trinajstić information content (AvgIpc) is 2.77. The molecule has 0 atom stereocenters. The first-order chi connectivity index (χ1) is 10.1. The molecule has 0 unspecified atom stereocenters. The molecule has 0 radical (unpaired) electrons. The fourth-order valence-corrected chi connectivity index (χ4v) is 2.56. The maximum absolute atomic E-state index is 11.1. The van der Waals surface area contributed by atoms with Crippen LogP contribution in [0.1, 0.15) is 28.9 Å². The van der Waals surface area contributed by atoms with Crippen LogP contribution in [0, 0.1) is 13.8 Å². The Hall–Kier alpha value is -0.900. The zero-order valence-electron chi connectivity index (χ0n) is 13.6. The summed E-state index contributed by atoms with van der Waals surface area (Å²) >= 11 is 1.72. The fraction of sp³-hybridized carbons (Fsp3) is 0.643. The Morgan fingerprint density at radius 2 is 2.09 bits per heavy atom. The lowest BCUT2D eigenvalue weighted by molar-refractivity contribution is -0.140. The lowest BCUT2D eigenvalue weighted by Crippen LogP contribution is -2.38. The summed E-state index contributed by atoms with van der Waals surface area (Å²) < 4.78 is 4.60. The van der Waals surface area contributed by atoms with E-state index in [0.717, 1.165) is 23.7 Å². The predicted octanol–water partition coefficient (Wildman–Crippen LogP) is 2.04. The summed E-state index contributed by atoms with van der Waals surface area (Å²) in [5, 5.41) is 7.37. The van der Waals surface area contributed by atoms with Crippen molar-refractivity contribution in [3.63, 3.8) is 0 Å². The summed E-state index contributed by atoms with van der Waals surface area (Å²) in [7, 11) is 1.39. The molecule has 0 aliphatic rings. The van der Waals surface area contributed by atoms with Crippen LogP contribution in [0.2, 0.25) is 0 Å². The zero-order valence-corrected chi connectivity index (χ0v) is 16.7. The molecule has 1 aromatic rings. The van der Waals surface area contributed by atoms with Crippen molar-refractivity contribution in [1.82, 2.24) is 15.6 Å². The molecule has 0 saturated carbocycles. The van der Waals surface area contributed by atoms with E-state index >= 15 is 0 Å². The van der Waals surface area contributed by atoms with E-state index < -0.39 is 0 Å². The second-order valence-electron chi connectivity index (χ2n) is 4.51. The van der Waals surface area contributed by atoms with Gasteiger partial charge in [0.2, 0.25) is 0 Å². The summed E-state index contributed by atoms with van der Waals surface area (Å²) in [5.41, 5.74) is 1.10. The number of hydrogen-bond donors (Lipinski definition) is 2. The van der Waals surface area contributed by atoms with Gasteiger partial charge >= 0.3 is 5.97 Å². The minimum atomic E-state index is -0.230. The number of aliphatic imine (C=N–C) groups is 1. The summed E-state index contributed by atoms with van der Waals surface area (Å²) in [6.45, 7) is 8.06. The third-order valence-corrected chi connectivity index (χ3v) is 3.99. The van der Waals surface area contributed by atoms with Gasteiger partial charge in [-0.25, -0.2) is 4.98 Å². The molecule has 0 saturated heterocycles. The second kappa shape index (κ2) is 11.6. The van der Waals surface area contributed by atoms with E-state index in [9.17, 15) is 4.79 Å². The molecule has 0 bridgehead atoms. The number of halogens is 1. The maximum Gasteiger partial charge on any atom is 0.307 e. The van der Waals surface area contributed by atoms with E-state index in [2.05, 4.69) is 32.3 Å². The molecule has 0 aromatic carbocycles. The van der Waals surface area contributed by atoms with E-state index in [1.165, 1.54) is 12.0 Å². The quantitative estimate of drug-likeness (QED) is 0.294. The maximum atomic E-state index is 11.1. The Bertz CT molecular complexity index is 472. The van der Waals surface area contributed by atoms with Gasteiger partial charge in [-0.2, -0.15) is 0 Å². The SMILES string of the molecule is CCNC(=NCCc1nc(C)c(C)s1)NCCC(=O)OC.I. The van der Waals surface area contributed by atoms with Gasteiger partial charge in [0.1, 0.15) is 0 Å². The number of methoxy groups -OCH3 is 1. The molecule has 0 aliphatic carbocycles. The van der Waals surface area contributed by atoms with Gasteiger partial charge in [0.05, 0.1) is 24.2 Å². The van der Waals surface area contributed by atoms with Crippen LogP contribution in [-0.2, 0) is 16.0 Å². The highest BCUT2D eigenvalue weighted by molar-refractivity contribution is 14.0. The van der Waals surface area contributed by atoms with Crippen molar-refractivity contribution in [2.45, 2.75) is 33.6 Å². The molecule has 6 nitrogen and oxygen atoms in total. The number of carbonyl (C=O) groups is 1. The summed E-state index contributed by atoms with van der Waals surface area (Å²) in [6.07, 6.45) is 1.15. The van der Waals surface area contributed by atoms with Crippen molar-refractivity contribution in [2.75, 3.05) is 26.7 Å². The highest BCUT2D eigenvalue weighted by Crippen LogP contribution is 2.16. The Labute approximate surface area is 153 Å². The van der Waals surface area contributed by atoms with Crippen molar-refractivity contribution >= 4 is 47.2 Å². The van der Waals surface area contributed by atoms with Gasteiger partial charge in [0, 0.05) is 30.9 Å². The number of carbonyl (C=O) groups excluding carboxylic acids is 1. The molecule has 1 aromatic heterocycles. The van der Waals surface area contributed by atoms with Crippen LogP contribution in [0.15, 0.2) is 4.99 Å². The lowest BCUT2D eigenvalue weighted by Gasteiger charge is -2.10. The lowest BCUT2D eigenvalue weighted by atomic mass is 10.4. The molecule has 2 N–H and O–H groups in total.